The molecule has 0 fully saturated rings. The minimum Gasteiger partial charge on any atom is -0.423 e. The molecule has 0 aromatic heterocycles. The maximum absolute atomic E-state index is 15.5. The Morgan fingerprint density at radius 3 is 1.30 bits per heavy atom. The summed E-state index contributed by atoms with van der Waals surface area (Å²) >= 11 is 0. The molecule has 0 amide bonds. The predicted octanol–water partition coefficient (Wildman–Crippen LogP) is 7.50. The zero-order chi connectivity index (χ0) is 34.6. The van der Waals surface area contributed by atoms with Gasteiger partial charge in [-0.3, -0.25) is 0 Å². The lowest BCUT2D eigenvalue weighted by Gasteiger charge is -2.18. The highest BCUT2D eigenvalue weighted by Crippen LogP contribution is 2.44. The van der Waals surface area contributed by atoms with Crippen molar-refractivity contribution in [3.63, 3.8) is 0 Å². The maximum atomic E-state index is 15.5. The molecule has 0 saturated carbocycles. The second-order valence-electron chi connectivity index (χ2n) is 10.1. The van der Waals surface area contributed by atoms with Gasteiger partial charge in [-0.1, -0.05) is 26.3 Å². The first-order valence-electron chi connectivity index (χ1n) is 13.1. The van der Waals surface area contributed by atoms with E-state index in [1.807, 2.05) is 0 Å². The molecule has 0 saturated heterocycles. The molecule has 0 heterocycles. The van der Waals surface area contributed by atoms with Gasteiger partial charge in [0.05, 0.1) is 5.56 Å². The highest BCUT2D eigenvalue weighted by atomic mass is 19.1. The van der Waals surface area contributed by atoms with Crippen LogP contribution in [0, 0.1) is 23.3 Å². The lowest BCUT2D eigenvalue weighted by Crippen LogP contribution is -2.13. The topological polar surface area (TPSA) is 105 Å². The molecule has 0 aliphatic carbocycles. The molecule has 3 aromatic rings. The van der Waals surface area contributed by atoms with E-state index in [9.17, 15) is 19.2 Å². The van der Waals surface area contributed by atoms with Crippen molar-refractivity contribution in [3.8, 4) is 45.3 Å². The van der Waals surface area contributed by atoms with E-state index >= 15 is 17.6 Å². The van der Waals surface area contributed by atoms with Crippen LogP contribution in [0.5, 0.6) is 23.0 Å². The molecule has 12 heteroatoms. The fourth-order valence-electron chi connectivity index (χ4n) is 3.58. The molecule has 0 radical (unpaired) electrons. The lowest BCUT2D eigenvalue weighted by atomic mass is 9.96. The van der Waals surface area contributed by atoms with Crippen LogP contribution in [0.15, 0.2) is 85.0 Å². The zero-order valence-electron chi connectivity index (χ0n) is 25.1. The van der Waals surface area contributed by atoms with Gasteiger partial charge in [-0.2, -0.15) is 0 Å². The van der Waals surface area contributed by atoms with E-state index in [0.717, 1.165) is 12.1 Å². The first kappa shape index (κ1) is 34.7. The fourth-order valence-corrected chi connectivity index (χ4v) is 3.58. The number of rotatable bonds is 10. The minimum absolute atomic E-state index is 0.0478. The average Bonchev–Trinajstić information content (AvgIpc) is 2.94. The molecule has 46 heavy (non-hydrogen) atoms. The molecule has 0 spiro atoms. The van der Waals surface area contributed by atoms with Crippen molar-refractivity contribution in [1.29, 1.82) is 0 Å². The van der Waals surface area contributed by atoms with Crippen LogP contribution in [-0.4, -0.2) is 23.9 Å². The van der Waals surface area contributed by atoms with Gasteiger partial charge in [0.2, 0.25) is 5.75 Å². The van der Waals surface area contributed by atoms with Crippen molar-refractivity contribution < 1.29 is 55.7 Å². The summed E-state index contributed by atoms with van der Waals surface area (Å²) in [6.07, 6.45) is 0. The molecule has 8 nitrogen and oxygen atoms in total. The van der Waals surface area contributed by atoms with Crippen molar-refractivity contribution >= 4 is 23.9 Å². The van der Waals surface area contributed by atoms with Crippen molar-refractivity contribution in [2.24, 2.45) is 0 Å². The summed E-state index contributed by atoms with van der Waals surface area (Å²) < 4.78 is 81.5. The number of benzene rings is 3. The molecule has 3 rings (SSSR count). The van der Waals surface area contributed by atoms with E-state index < -0.39 is 81.3 Å². The second kappa shape index (κ2) is 13.9. The Morgan fingerprint density at radius 2 is 0.870 bits per heavy atom. The van der Waals surface area contributed by atoms with E-state index in [1.165, 1.54) is 27.7 Å². The van der Waals surface area contributed by atoms with Crippen LogP contribution in [0.25, 0.3) is 22.3 Å². The minimum atomic E-state index is -1.36. The average molecular weight is 639 g/mol. The number of ether oxygens (including phenoxy) is 4. The lowest BCUT2D eigenvalue weighted by molar-refractivity contribution is -0.131. The number of carbonyl (C=O) groups excluding carboxylic acids is 4. The molecule has 0 unspecified atom stereocenters. The van der Waals surface area contributed by atoms with E-state index in [4.69, 9.17) is 18.9 Å². The van der Waals surface area contributed by atoms with E-state index in [2.05, 4.69) is 26.3 Å². The molecule has 0 N–H and O–H groups in total. The van der Waals surface area contributed by atoms with Crippen LogP contribution in [-0.2, 0) is 19.2 Å². The molecule has 0 aliphatic rings. The van der Waals surface area contributed by atoms with Gasteiger partial charge in [-0.25, -0.2) is 36.7 Å². The van der Waals surface area contributed by atoms with E-state index in [-0.39, 0.29) is 33.4 Å². The first-order valence-corrected chi connectivity index (χ1v) is 13.1. The fraction of sp³-hybridized carbons (Fsp3) is 0.118. The van der Waals surface area contributed by atoms with Crippen molar-refractivity contribution in [2.45, 2.75) is 27.7 Å². The van der Waals surface area contributed by atoms with Gasteiger partial charge in [0.25, 0.3) is 0 Å². The molecule has 0 atom stereocenters. The van der Waals surface area contributed by atoms with Crippen LogP contribution in [0.3, 0.4) is 0 Å². The van der Waals surface area contributed by atoms with Gasteiger partial charge in [-0.05, 0) is 57.5 Å². The molecule has 3 aromatic carbocycles. The number of esters is 4. The predicted molar refractivity (Wildman–Crippen MR) is 159 cm³/mol. The van der Waals surface area contributed by atoms with E-state index in [0.29, 0.717) is 24.3 Å². The van der Waals surface area contributed by atoms with Gasteiger partial charge in [0.1, 0.15) is 28.9 Å². The molecular weight excluding hydrogens is 612 g/mol. The number of hydrogen-bond acceptors (Lipinski definition) is 8. The van der Waals surface area contributed by atoms with Crippen LogP contribution in [0.2, 0.25) is 0 Å². The summed E-state index contributed by atoms with van der Waals surface area (Å²) in [4.78, 5) is 48.9. The second-order valence-corrected chi connectivity index (χ2v) is 10.1. The zero-order valence-corrected chi connectivity index (χ0v) is 25.1. The SMILES string of the molecule is C=C(C)C(=O)Oc1cc(F)c(-c2cc(OC(=O)C(=C)C)c(-c3cc(F)c(OC(=O)C(=C)C)c(F)c3)cc2OC(=O)C(=C)C)c(F)c1. The van der Waals surface area contributed by atoms with Gasteiger partial charge in [-0.15, -0.1) is 0 Å². The van der Waals surface area contributed by atoms with Crippen LogP contribution in [0.4, 0.5) is 17.6 Å². The highest BCUT2D eigenvalue weighted by Gasteiger charge is 2.26. The van der Waals surface area contributed by atoms with Gasteiger partial charge < -0.3 is 18.9 Å². The Hall–Kier alpha value is -5.78. The Balaban J connectivity index is 2.35. The summed E-state index contributed by atoms with van der Waals surface area (Å²) in [6, 6.07) is 4.61. The summed E-state index contributed by atoms with van der Waals surface area (Å²) in [5.41, 5.74) is -2.39. The normalized spacial score (nSPS) is 10.4. The van der Waals surface area contributed by atoms with Crippen molar-refractivity contribution in [1.82, 2.24) is 0 Å². The number of carbonyl (C=O) groups is 4. The standard InChI is InChI=1S/C34H26F4O8/c1-15(2)31(39)43-20-11-23(35)29(24(36)12-20)22-14-27(44-32(40)16(3)4)21(13-28(22)45-33(41)17(5)6)19-9-25(37)30(26(38)10-19)46-34(42)18(7)8/h9-14H,1,3,5,7H2,2,4,6,8H3. The first-order chi connectivity index (χ1) is 21.4. The third kappa shape index (κ3) is 7.83. The molecule has 0 aliphatic heterocycles. The maximum Gasteiger partial charge on any atom is 0.338 e. The summed E-state index contributed by atoms with van der Waals surface area (Å²) in [6.45, 7) is 18.8. The van der Waals surface area contributed by atoms with Gasteiger partial charge >= 0.3 is 23.9 Å². The molecular formula is C34H26F4O8. The summed E-state index contributed by atoms with van der Waals surface area (Å²) in [5.74, 6) is -12.1. The Labute approximate surface area is 260 Å². The monoisotopic (exact) mass is 638 g/mol. The number of hydrogen-bond donors (Lipinski definition) is 0. The highest BCUT2D eigenvalue weighted by molar-refractivity contribution is 5.94. The van der Waals surface area contributed by atoms with Crippen molar-refractivity contribution in [3.05, 3.63) is 108 Å². The summed E-state index contributed by atoms with van der Waals surface area (Å²) in [7, 11) is 0. The smallest absolute Gasteiger partial charge is 0.338 e. The Kier molecular flexibility index (Phi) is 10.5. The van der Waals surface area contributed by atoms with Crippen LogP contribution >= 0.6 is 0 Å². The molecule has 0 bridgehead atoms. The Bertz CT molecular complexity index is 1830. The quantitative estimate of drug-likeness (QED) is 0.0973. The summed E-state index contributed by atoms with van der Waals surface area (Å²) in [5, 5.41) is 0. The van der Waals surface area contributed by atoms with Crippen LogP contribution in [0.1, 0.15) is 27.7 Å². The van der Waals surface area contributed by atoms with Crippen LogP contribution < -0.4 is 18.9 Å². The molecule has 238 valence electrons. The van der Waals surface area contributed by atoms with E-state index in [1.54, 1.807) is 0 Å². The van der Waals surface area contributed by atoms with Gasteiger partial charge in [0, 0.05) is 45.6 Å². The largest absolute Gasteiger partial charge is 0.423 e. The third-order valence-corrected chi connectivity index (χ3v) is 5.88. The third-order valence-electron chi connectivity index (χ3n) is 5.88. The number of halogens is 4. The van der Waals surface area contributed by atoms with Gasteiger partial charge in [0.15, 0.2) is 11.6 Å². The Morgan fingerprint density at radius 1 is 0.500 bits per heavy atom. The van der Waals surface area contributed by atoms with Crippen molar-refractivity contribution in [2.75, 3.05) is 0 Å².